The number of fused-ring (bicyclic) bond motifs is 1. The minimum absolute atomic E-state index is 0.0545. The summed E-state index contributed by atoms with van der Waals surface area (Å²) < 4.78 is 46.5. The van der Waals surface area contributed by atoms with Crippen molar-refractivity contribution in [1.29, 1.82) is 0 Å². The van der Waals surface area contributed by atoms with Crippen LogP contribution in [0.4, 0.5) is 13.2 Å². The molecule has 1 aromatic carbocycles. The summed E-state index contributed by atoms with van der Waals surface area (Å²) in [4.78, 5) is 10.6. The molecule has 2 aliphatic rings. The standard InChI is InChI=1S/C15H15F3O3/c16-11-7-9(4-5-10(11)13(19)20)21-8-14-6-2-1-3-12(14)15(14,17)18/h4-5,7,12H,1-3,6,8H2,(H,19,20)/p-1. The minimum atomic E-state index is -2.72. The van der Waals surface area contributed by atoms with Crippen LogP contribution in [0.1, 0.15) is 36.0 Å². The van der Waals surface area contributed by atoms with Crippen LogP contribution in [0.15, 0.2) is 18.2 Å². The van der Waals surface area contributed by atoms with Crippen LogP contribution in [-0.2, 0) is 0 Å². The minimum Gasteiger partial charge on any atom is -0.545 e. The number of carboxylic acids is 1. The lowest BCUT2D eigenvalue weighted by Gasteiger charge is -2.21. The number of carboxylic acid groups (broad SMARTS) is 1. The van der Waals surface area contributed by atoms with Crippen LogP contribution >= 0.6 is 0 Å². The molecule has 114 valence electrons. The fourth-order valence-corrected chi connectivity index (χ4v) is 3.41. The Morgan fingerprint density at radius 2 is 2.14 bits per heavy atom. The molecule has 2 atom stereocenters. The van der Waals surface area contributed by atoms with Crippen molar-refractivity contribution < 1.29 is 27.8 Å². The summed E-state index contributed by atoms with van der Waals surface area (Å²) in [6.07, 6.45) is 2.45. The normalized spacial score (nSPS) is 29.6. The average molecular weight is 299 g/mol. The van der Waals surface area contributed by atoms with E-state index in [9.17, 15) is 23.1 Å². The highest BCUT2D eigenvalue weighted by Crippen LogP contribution is 2.72. The van der Waals surface area contributed by atoms with E-state index in [4.69, 9.17) is 4.74 Å². The molecular formula is C15H14F3O3-. The molecule has 2 saturated carbocycles. The maximum atomic E-state index is 13.9. The third-order valence-electron chi connectivity index (χ3n) is 4.71. The number of carbonyl (C=O) groups excluding carboxylic acids is 1. The second kappa shape index (κ2) is 4.64. The zero-order chi connectivity index (χ0) is 15.3. The molecule has 0 radical (unpaired) electrons. The zero-order valence-corrected chi connectivity index (χ0v) is 11.2. The summed E-state index contributed by atoms with van der Waals surface area (Å²) in [5, 5.41) is 10.6. The molecule has 0 bridgehead atoms. The largest absolute Gasteiger partial charge is 0.545 e. The molecular weight excluding hydrogens is 285 g/mol. The SMILES string of the molecule is O=C([O-])c1ccc(OCC23CCCCC2C3(F)F)cc1F. The van der Waals surface area contributed by atoms with Crippen LogP contribution in [0.25, 0.3) is 0 Å². The Morgan fingerprint density at radius 1 is 1.38 bits per heavy atom. The Morgan fingerprint density at radius 3 is 2.76 bits per heavy atom. The molecule has 3 rings (SSSR count). The molecule has 0 aromatic heterocycles. The molecule has 0 N–H and O–H groups in total. The number of carbonyl (C=O) groups is 1. The summed E-state index contributed by atoms with van der Waals surface area (Å²) in [5.74, 6) is -5.93. The topological polar surface area (TPSA) is 49.4 Å². The quantitative estimate of drug-likeness (QED) is 0.857. The molecule has 1 aromatic rings. The summed E-state index contributed by atoms with van der Waals surface area (Å²) in [7, 11) is 0. The first-order valence-electron chi connectivity index (χ1n) is 6.90. The van der Waals surface area contributed by atoms with Gasteiger partial charge >= 0.3 is 0 Å². The van der Waals surface area contributed by atoms with E-state index in [2.05, 4.69) is 0 Å². The number of alkyl halides is 2. The van der Waals surface area contributed by atoms with Gasteiger partial charge in [0.05, 0.1) is 11.4 Å². The Kier molecular flexibility index (Phi) is 3.15. The third-order valence-corrected chi connectivity index (χ3v) is 4.71. The van der Waals surface area contributed by atoms with Crippen molar-refractivity contribution in [1.82, 2.24) is 0 Å². The molecule has 0 amide bonds. The lowest BCUT2D eigenvalue weighted by molar-refractivity contribution is -0.255. The van der Waals surface area contributed by atoms with Crippen LogP contribution in [0.3, 0.4) is 0 Å². The van der Waals surface area contributed by atoms with Crippen molar-refractivity contribution in [2.45, 2.75) is 31.6 Å². The van der Waals surface area contributed by atoms with Crippen LogP contribution in [0.2, 0.25) is 0 Å². The van der Waals surface area contributed by atoms with Gasteiger partial charge in [0.1, 0.15) is 18.2 Å². The van der Waals surface area contributed by atoms with Gasteiger partial charge in [0.15, 0.2) is 0 Å². The highest BCUT2D eigenvalue weighted by molar-refractivity contribution is 5.86. The van der Waals surface area contributed by atoms with Gasteiger partial charge in [0, 0.05) is 17.5 Å². The van der Waals surface area contributed by atoms with Crippen molar-refractivity contribution in [2.75, 3.05) is 6.61 Å². The number of halogens is 3. The smallest absolute Gasteiger partial charge is 0.261 e. The van der Waals surface area contributed by atoms with Gasteiger partial charge in [-0.05, 0) is 25.0 Å². The fraction of sp³-hybridized carbons (Fsp3) is 0.533. The van der Waals surface area contributed by atoms with Crippen molar-refractivity contribution >= 4 is 5.97 Å². The predicted octanol–water partition coefficient (Wildman–Crippen LogP) is 2.39. The van der Waals surface area contributed by atoms with Gasteiger partial charge in [-0.2, -0.15) is 0 Å². The van der Waals surface area contributed by atoms with Crippen molar-refractivity contribution in [3.8, 4) is 5.75 Å². The first kappa shape index (κ1) is 14.2. The van der Waals surface area contributed by atoms with Crippen LogP contribution in [0, 0.1) is 17.2 Å². The number of hydrogen-bond donors (Lipinski definition) is 0. The number of ether oxygens (including phenoxy) is 1. The van der Waals surface area contributed by atoms with Crippen molar-refractivity contribution in [3.05, 3.63) is 29.6 Å². The summed E-state index contributed by atoms with van der Waals surface area (Å²) in [5.41, 5.74) is -1.71. The highest BCUT2D eigenvalue weighted by Gasteiger charge is 2.80. The number of hydrogen-bond acceptors (Lipinski definition) is 3. The fourth-order valence-electron chi connectivity index (χ4n) is 3.41. The van der Waals surface area contributed by atoms with E-state index >= 15 is 0 Å². The lowest BCUT2D eigenvalue weighted by Crippen LogP contribution is -2.24. The second-order valence-corrected chi connectivity index (χ2v) is 5.80. The van der Waals surface area contributed by atoms with Gasteiger partial charge in [0.25, 0.3) is 5.92 Å². The monoisotopic (exact) mass is 299 g/mol. The second-order valence-electron chi connectivity index (χ2n) is 5.80. The molecule has 2 unspecified atom stereocenters. The van der Waals surface area contributed by atoms with Crippen molar-refractivity contribution in [2.24, 2.45) is 11.3 Å². The summed E-state index contributed by atoms with van der Waals surface area (Å²) in [6.45, 7) is -0.172. The molecule has 2 aliphatic carbocycles. The number of aromatic carboxylic acids is 1. The molecule has 0 spiro atoms. The van der Waals surface area contributed by atoms with Crippen molar-refractivity contribution in [3.63, 3.8) is 0 Å². The Labute approximate surface area is 119 Å². The zero-order valence-electron chi connectivity index (χ0n) is 11.2. The maximum absolute atomic E-state index is 13.9. The summed E-state index contributed by atoms with van der Waals surface area (Å²) >= 11 is 0. The number of rotatable bonds is 4. The van der Waals surface area contributed by atoms with Gasteiger partial charge in [0.2, 0.25) is 0 Å². The highest BCUT2D eigenvalue weighted by atomic mass is 19.3. The molecule has 2 fully saturated rings. The average Bonchev–Trinajstić information content (AvgIpc) is 2.94. The first-order chi connectivity index (χ1) is 9.88. The Hall–Kier alpha value is -1.72. The van der Waals surface area contributed by atoms with Gasteiger partial charge in [-0.1, -0.05) is 12.8 Å². The van der Waals surface area contributed by atoms with E-state index in [1.165, 1.54) is 6.07 Å². The third kappa shape index (κ3) is 2.08. The molecule has 0 heterocycles. The van der Waals surface area contributed by atoms with Gasteiger partial charge in [-0.25, -0.2) is 13.2 Å². The molecule has 21 heavy (non-hydrogen) atoms. The maximum Gasteiger partial charge on any atom is 0.261 e. The van der Waals surface area contributed by atoms with Gasteiger partial charge in [-0.15, -0.1) is 0 Å². The van der Waals surface area contributed by atoms with Crippen LogP contribution < -0.4 is 9.84 Å². The molecule has 6 heteroatoms. The Balaban J connectivity index is 1.71. The van der Waals surface area contributed by atoms with E-state index in [-0.39, 0.29) is 12.4 Å². The first-order valence-corrected chi connectivity index (χ1v) is 6.90. The van der Waals surface area contributed by atoms with Crippen LogP contribution in [0.5, 0.6) is 5.75 Å². The van der Waals surface area contributed by atoms with E-state index in [0.29, 0.717) is 12.8 Å². The molecule has 0 aliphatic heterocycles. The summed E-state index contributed by atoms with van der Waals surface area (Å²) in [6, 6.07) is 3.16. The van der Waals surface area contributed by atoms with E-state index < -0.39 is 34.6 Å². The molecule has 3 nitrogen and oxygen atoms in total. The Bertz CT molecular complexity index is 588. The number of benzene rings is 1. The van der Waals surface area contributed by atoms with Gasteiger partial charge in [-0.3, -0.25) is 0 Å². The lowest BCUT2D eigenvalue weighted by atomic mass is 9.89. The predicted molar refractivity (Wildman–Crippen MR) is 65.6 cm³/mol. The van der Waals surface area contributed by atoms with Gasteiger partial charge < -0.3 is 14.6 Å². The van der Waals surface area contributed by atoms with E-state index in [1.54, 1.807) is 0 Å². The van der Waals surface area contributed by atoms with Crippen LogP contribution in [-0.4, -0.2) is 18.5 Å². The van der Waals surface area contributed by atoms with E-state index in [1.807, 2.05) is 0 Å². The molecule has 0 saturated heterocycles. The van der Waals surface area contributed by atoms with E-state index in [0.717, 1.165) is 25.0 Å².